The molecule has 0 spiro atoms. The van der Waals surface area contributed by atoms with Crippen LogP contribution in [0.1, 0.15) is 16.9 Å². The van der Waals surface area contributed by atoms with Crippen molar-refractivity contribution in [3.8, 4) is 5.75 Å². The van der Waals surface area contributed by atoms with Crippen molar-refractivity contribution in [1.29, 1.82) is 0 Å². The predicted octanol–water partition coefficient (Wildman–Crippen LogP) is 5.16. The van der Waals surface area contributed by atoms with Gasteiger partial charge in [0.15, 0.2) is 0 Å². The van der Waals surface area contributed by atoms with Gasteiger partial charge in [0, 0.05) is 10.6 Å². The smallest absolute Gasteiger partial charge is 0.268 e. The van der Waals surface area contributed by atoms with Crippen LogP contribution in [0.2, 0.25) is 5.02 Å². The van der Waals surface area contributed by atoms with E-state index in [0.717, 1.165) is 5.76 Å². The number of hydrogen-bond donors (Lipinski definition) is 0. The van der Waals surface area contributed by atoms with Crippen LogP contribution in [0.5, 0.6) is 5.75 Å². The molecule has 152 valence electrons. The van der Waals surface area contributed by atoms with Gasteiger partial charge in [-0.25, -0.2) is 0 Å². The summed E-state index contributed by atoms with van der Waals surface area (Å²) in [4.78, 5) is 28.3. The van der Waals surface area contributed by atoms with E-state index in [1.165, 1.54) is 23.8 Å². The van der Waals surface area contributed by atoms with Crippen molar-refractivity contribution in [3.63, 3.8) is 0 Å². The highest BCUT2D eigenvalue weighted by atomic mass is 35.5. The van der Waals surface area contributed by atoms with Crippen molar-refractivity contribution in [1.82, 2.24) is 4.90 Å². The average Bonchev–Trinajstić information content (AvgIpc) is 3.36. The van der Waals surface area contributed by atoms with Crippen LogP contribution < -0.4 is 4.74 Å². The topological polar surface area (TPSA) is 59.8 Å². The number of carbonyl (C=O) groups is 2. The van der Waals surface area contributed by atoms with E-state index in [2.05, 4.69) is 0 Å². The van der Waals surface area contributed by atoms with Crippen molar-refractivity contribution in [2.24, 2.45) is 0 Å². The summed E-state index contributed by atoms with van der Waals surface area (Å²) in [5, 5.41) is 0.508. The molecule has 4 rings (SSSR count). The normalized spacial score (nSPS) is 14.0. The molecule has 0 aliphatic carbocycles. The SMILES string of the molecule is COc1ccccc1C1=C(SCc2ccco2)C(=O)N(Cc2ccccc2Cl)C1=O. The van der Waals surface area contributed by atoms with Gasteiger partial charge in [0.1, 0.15) is 11.5 Å². The Morgan fingerprint density at radius 3 is 2.50 bits per heavy atom. The van der Waals surface area contributed by atoms with E-state index in [1.807, 2.05) is 30.3 Å². The molecular weight excluding hydrogens is 422 g/mol. The van der Waals surface area contributed by atoms with Crippen LogP contribution in [0.4, 0.5) is 0 Å². The van der Waals surface area contributed by atoms with Crippen molar-refractivity contribution in [3.05, 3.63) is 93.7 Å². The summed E-state index contributed by atoms with van der Waals surface area (Å²) in [6.45, 7) is 0.0980. The predicted molar refractivity (Wildman–Crippen MR) is 117 cm³/mol. The van der Waals surface area contributed by atoms with Crippen molar-refractivity contribution in [2.45, 2.75) is 12.3 Å². The zero-order valence-electron chi connectivity index (χ0n) is 16.1. The number of amides is 2. The van der Waals surface area contributed by atoms with Crippen LogP contribution in [0, 0.1) is 0 Å². The van der Waals surface area contributed by atoms with Crippen molar-refractivity contribution in [2.75, 3.05) is 7.11 Å². The minimum absolute atomic E-state index is 0.0980. The third kappa shape index (κ3) is 3.88. The summed E-state index contributed by atoms with van der Waals surface area (Å²) in [5.41, 5.74) is 1.63. The number of benzene rings is 2. The summed E-state index contributed by atoms with van der Waals surface area (Å²) in [7, 11) is 1.54. The number of ether oxygens (including phenoxy) is 1. The van der Waals surface area contributed by atoms with E-state index in [0.29, 0.717) is 38.1 Å². The number of para-hydroxylation sites is 1. The van der Waals surface area contributed by atoms with Gasteiger partial charge in [-0.05, 0) is 29.8 Å². The van der Waals surface area contributed by atoms with Gasteiger partial charge in [-0.1, -0.05) is 48.0 Å². The number of imide groups is 1. The van der Waals surface area contributed by atoms with Gasteiger partial charge < -0.3 is 9.15 Å². The molecule has 1 aromatic heterocycles. The van der Waals surface area contributed by atoms with E-state index >= 15 is 0 Å². The number of halogens is 1. The fourth-order valence-corrected chi connectivity index (χ4v) is 4.48. The number of thioether (sulfide) groups is 1. The van der Waals surface area contributed by atoms with Crippen LogP contribution in [0.3, 0.4) is 0 Å². The Balaban J connectivity index is 1.73. The van der Waals surface area contributed by atoms with Crippen LogP contribution in [0.25, 0.3) is 5.57 Å². The molecule has 2 amide bonds. The molecule has 5 nitrogen and oxygen atoms in total. The fraction of sp³-hybridized carbons (Fsp3) is 0.130. The lowest BCUT2D eigenvalue weighted by molar-refractivity contribution is -0.137. The first-order valence-corrected chi connectivity index (χ1v) is 10.6. The molecule has 0 saturated carbocycles. The lowest BCUT2D eigenvalue weighted by atomic mass is 10.0. The van der Waals surface area contributed by atoms with Crippen LogP contribution in [-0.2, 0) is 21.9 Å². The number of hydrogen-bond acceptors (Lipinski definition) is 5. The molecule has 0 fully saturated rings. The Morgan fingerprint density at radius 2 is 1.77 bits per heavy atom. The number of carbonyl (C=O) groups excluding carboxylic acids is 2. The lowest BCUT2D eigenvalue weighted by Gasteiger charge is -2.16. The van der Waals surface area contributed by atoms with Gasteiger partial charge in [-0.15, -0.1) is 11.8 Å². The molecule has 1 aliphatic heterocycles. The number of rotatable bonds is 7. The van der Waals surface area contributed by atoms with Gasteiger partial charge in [0.25, 0.3) is 11.8 Å². The molecule has 2 aromatic carbocycles. The minimum atomic E-state index is -0.369. The maximum Gasteiger partial charge on any atom is 0.268 e. The molecule has 0 atom stereocenters. The summed E-state index contributed by atoms with van der Waals surface area (Å²) in [5.74, 6) is 0.963. The standard InChI is InChI=1S/C23H18ClNO4S/c1-28-19-11-5-3-9-17(19)20-21(30-14-16-8-6-12-29-16)23(27)25(22(20)26)13-15-7-2-4-10-18(15)24/h2-12H,13-14H2,1H3. The Hall–Kier alpha value is -2.96. The molecule has 30 heavy (non-hydrogen) atoms. The lowest BCUT2D eigenvalue weighted by Crippen LogP contribution is -2.31. The first-order valence-electron chi connectivity index (χ1n) is 9.22. The van der Waals surface area contributed by atoms with E-state index < -0.39 is 0 Å². The van der Waals surface area contributed by atoms with Gasteiger partial charge in [-0.2, -0.15) is 0 Å². The molecule has 7 heteroatoms. The van der Waals surface area contributed by atoms with Gasteiger partial charge in [0.2, 0.25) is 0 Å². The molecule has 0 N–H and O–H groups in total. The molecule has 1 aliphatic rings. The molecular formula is C23H18ClNO4S. The zero-order valence-corrected chi connectivity index (χ0v) is 17.7. The quantitative estimate of drug-likeness (QED) is 0.476. The Morgan fingerprint density at radius 1 is 1.00 bits per heavy atom. The Kier molecular flexibility index (Phi) is 5.97. The second-order valence-corrected chi connectivity index (χ2v) is 7.95. The number of furan rings is 1. The van der Waals surface area contributed by atoms with E-state index in [-0.39, 0.29) is 18.4 Å². The third-order valence-corrected chi connectivity index (χ3v) is 6.19. The maximum absolute atomic E-state index is 13.4. The average molecular weight is 440 g/mol. The molecule has 0 bridgehead atoms. The molecule has 0 unspecified atom stereocenters. The second kappa shape index (κ2) is 8.81. The first-order chi connectivity index (χ1) is 14.6. The first kappa shape index (κ1) is 20.3. The number of nitrogens with zero attached hydrogens (tertiary/aromatic N) is 1. The van der Waals surface area contributed by atoms with E-state index in [4.69, 9.17) is 20.8 Å². The fourth-order valence-electron chi connectivity index (χ4n) is 3.25. The molecule has 3 aromatic rings. The molecule has 0 radical (unpaired) electrons. The Bertz CT molecular complexity index is 1120. The maximum atomic E-state index is 13.4. The minimum Gasteiger partial charge on any atom is -0.496 e. The van der Waals surface area contributed by atoms with Crippen molar-refractivity contribution >= 4 is 40.8 Å². The molecule has 2 heterocycles. The highest BCUT2D eigenvalue weighted by Crippen LogP contribution is 2.41. The highest BCUT2D eigenvalue weighted by molar-refractivity contribution is 8.03. The van der Waals surface area contributed by atoms with E-state index in [9.17, 15) is 9.59 Å². The summed E-state index contributed by atoms with van der Waals surface area (Å²) in [6.07, 6.45) is 1.58. The summed E-state index contributed by atoms with van der Waals surface area (Å²) < 4.78 is 10.8. The second-order valence-electron chi connectivity index (χ2n) is 6.56. The zero-order chi connectivity index (χ0) is 21.1. The Labute approximate surface area is 183 Å². The van der Waals surface area contributed by atoms with Crippen LogP contribution in [0.15, 0.2) is 76.2 Å². The molecule has 0 saturated heterocycles. The van der Waals surface area contributed by atoms with E-state index in [1.54, 1.807) is 36.6 Å². The van der Waals surface area contributed by atoms with Gasteiger partial charge in [-0.3, -0.25) is 14.5 Å². The van der Waals surface area contributed by atoms with Crippen molar-refractivity contribution < 1.29 is 18.7 Å². The largest absolute Gasteiger partial charge is 0.496 e. The van der Waals surface area contributed by atoms with Crippen LogP contribution >= 0.6 is 23.4 Å². The monoisotopic (exact) mass is 439 g/mol. The summed E-state index contributed by atoms with van der Waals surface area (Å²) in [6, 6.07) is 18.0. The van der Waals surface area contributed by atoms with Gasteiger partial charge in [0.05, 0.1) is 36.1 Å². The van der Waals surface area contributed by atoms with Crippen LogP contribution in [-0.4, -0.2) is 23.8 Å². The third-order valence-electron chi connectivity index (χ3n) is 4.73. The van der Waals surface area contributed by atoms with Gasteiger partial charge >= 0.3 is 0 Å². The number of methoxy groups -OCH3 is 1. The highest BCUT2D eigenvalue weighted by Gasteiger charge is 2.40. The summed E-state index contributed by atoms with van der Waals surface area (Å²) >= 11 is 7.54.